The van der Waals surface area contributed by atoms with Crippen molar-refractivity contribution in [3.8, 4) is 11.4 Å². The summed E-state index contributed by atoms with van der Waals surface area (Å²) in [5, 5.41) is 5.28. The summed E-state index contributed by atoms with van der Waals surface area (Å²) in [6, 6.07) is 10.1. The molecule has 1 aromatic carbocycles. The predicted molar refractivity (Wildman–Crippen MR) is 115 cm³/mol. The first-order valence-corrected chi connectivity index (χ1v) is 11.6. The highest BCUT2D eigenvalue weighted by molar-refractivity contribution is 7.85. The van der Waals surface area contributed by atoms with E-state index in [4.69, 9.17) is 21.6 Å². The van der Waals surface area contributed by atoms with Crippen LogP contribution in [0.15, 0.2) is 41.4 Å². The molecule has 2 aliphatic rings. The average Bonchev–Trinajstić information content (AvgIpc) is 3.34. The van der Waals surface area contributed by atoms with Crippen molar-refractivity contribution in [1.29, 1.82) is 0 Å². The van der Waals surface area contributed by atoms with E-state index in [0.29, 0.717) is 11.7 Å². The number of hydrogen-bond acceptors (Lipinski definition) is 5. The molecule has 29 heavy (non-hydrogen) atoms. The van der Waals surface area contributed by atoms with Gasteiger partial charge in [0, 0.05) is 43.5 Å². The van der Waals surface area contributed by atoms with Crippen LogP contribution < -0.4 is 4.90 Å². The molecular formula is C21H22ClN5OS. The fourth-order valence-electron chi connectivity index (χ4n) is 4.19. The lowest BCUT2D eigenvalue weighted by molar-refractivity contribution is 0.499. The first kappa shape index (κ1) is 18.8. The van der Waals surface area contributed by atoms with Gasteiger partial charge in [0.15, 0.2) is 0 Å². The van der Waals surface area contributed by atoms with E-state index in [1.807, 2.05) is 31.4 Å². The Morgan fingerprint density at radius 2 is 1.86 bits per heavy atom. The number of halogens is 1. The molecule has 2 aliphatic heterocycles. The maximum Gasteiger partial charge on any atom is 0.226 e. The van der Waals surface area contributed by atoms with Gasteiger partial charge >= 0.3 is 0 Å². The van der Waals surface area contributed by atoms with E-state index in [0.717, 1.165) is 65.3 Å². The normalized spacial score (nSPS) is 19.5. The zero-order chi connectivity index (χ0) is 20.0. The van der Waals surface area contributed by atoms with Crippen molar-refractivity contribution in [1.82, 2.24) is 19.7 Å². The Kier molecular flexibility index (Phi) is 4.87. The van der Waals surface area contributed by atoms with Gasteiger partial charge in [-0.2, -0.15) is 5.10 Å². The van der Waals surface area contributed by atoms with Crippen molar-refractivity contribution >= 4 is 28.3 Å². The highest BCUT2D eigenvalue weighted by Crippen LogP contribution is 2.34. The van der Waals surface area contributed by atoms with Gasteiger partial charge in [0.05, 0.1) is 21.4 Å². The van der Waals surface area contributed by atoms with Crippen LogP contribution in [0.1, 0.15) is 30.0 Å². The molecule has 0 amide bonds. The largest absolute Gasteiger partial charge is 0.341 e. The van der Waals surface area contributed by atoms with Gasteiger partial charge in [-0.3, -0.25) is 8.89 Å². The molecule has 2 aromatic heterocycles. The number of aromatic nitrogens is 4. The quantitative estimate of drug-likeness (QED) is 0.639. The summed E-state index contributed by atoms with van der Waals surface area (Å²) in [7, 11) is 0.829. The molecule has 0 radical (unpaired) electrons. The van der Waals surface area contributed by atoms with Crippen LogP contribution in [0.25, 0.3) is 11.4 Å². The minimum atomic E-state index is -1.05. The van der Waals surface area contributed by atoms with Crippen LogP contribution in [0.3, 0.4) is 0 Å². The Bertz CT molecular complexity index is 1070. The topological polar surface area (TPSA) is 63.9 Å². The van der Waals surface area contributed by atoms with Gasteiger partial charge in [-0.05, 0) is 42.5 Å². The van der Waals surface area contributed by atoms with Crippen LogP contribution in [0, 0.1) is 0 Å². The number of nitrogens with zero attached hydrogens (tertiary/aromatic N) is 5. The molecule has 150 valence electrons. The lowest BCUT2D eigenvalue weighted by Crippen LogP contribution is -2.34. The van der Waals surface area contributed by atoms with Gasteiger partial charge in [0.2, 0.25) is 5.95 Å². The minimum Gasteiger partial charge on any atom is -0.341 e. The standard InChI is InChI=1S/C21H22ClN5OS/c1-26-10-8-17(25-26)19-20-18(9-13-29(20)28)23-21(24-19)27-11-6-15(7-12-27)14-2-4-16(22)5-3-14/h2-5,8,10,15H,6-7,9,11-13H2,1H3. The van der Waals surface area contributed by atoms with Crippen LogP contribution in [0.5, 0.6) is 0 Å². The summed E-state index contributed by atoms with van der Waals surface area (Å²) < 4.78 is 14.3. The van der Waals surface area contributed by atoms with E-state index in [1.54, 1.807) is 4.68 Å². The summed E-state index contributed by atoms with van der Waals surface area (Å²) in [5.74, 6) is 1.88. The maximum atomic E-state index is 12.6. The monoisotopic (exact) mass is 427 g/mol. The van der Waals surface area contributed by atoms with Crippen LogP contribution in [-0.4, -0.2) is 42.8 Å². The van der Waals surface area contributed by atoms with Crippen molar-refractivity contribution in [2.45, 2.75) is 30.1 Å². The number of aryl methyl sites for hydroxylation is 2. The maximum absolute atomic E-state index is 12.6. The Morgan fingerprint density at radius 3 is 2.55 bits per heavy atom. The van der Waals surface area contributed by atoms with Crippen molar-refractivity contribution in [2.75, 3.05) is 23.7 Å². The van der Waals surface area contributed by atoms with Crippen molar-refractivity contribution < 1.29 is 4.21 Å². The third-order valence-corrected chi connectivity index (χ3v) is 7.46. The Balaban J connectivity index is 1.42. The molecule has 0 aliphatic carbocycles. The van der Waals surface area contributed by atoms with E-state index < -0.39 is 10.8 Å². The van der Waals surface area contributed by atoms with E-state index >= 15 is 0 Å². The zero-order valence-electron chi connectivity index (χ0n) is 16.2. The van der Waals surface area contributed by atoms with Gasteiger partial charge < -0.3 is 4.90 Å². The molecule has 0 spiro atoms. The molecule has 1 saturated heterocycles. The molecule has 0 saturated carbocycles. The molecule has 1 atom stereocenters. The number of fused-ring (bicyclic) bond motifs is 1. The number of rotatable bonds is 3. The first-order valence-electron chi connectivity index (χ1n) is 9.88. The molecule has 0 N–H and O–H groups in total. The fraction of sp³-hybridized carbons (Fsp3) is 0.381. The second-order valence-electron chi connectivity index (χ2n) is 7.64. The van der Waals surface area contributed by atoms with E-state index in [9.17, 15) is 4.21 Å². The van der Waals surface area contributed by atoms with Gasteiger partial charge in [0.25, 0.3) is 0 Å². The molecule has 5 rings (SSSR count). The SMILES string of the molecule is Cn1ccc(-c2nc(N3CCC(c4ccc(Cl)cc4)CC3)nc3c2S(=O)CC3)n1. The Labute approximate surface area is 177 Å². The number of hydrogen-bond donors (Lipinski definition) is 0. The van der Waals surface area contributed by atoms with Crippen molar-refractivity contribution in [3.63, 3.8) is 0 Å². The van der Waals surface area contributed by atoms with Gasteiger partial charge in [-0.15, -0.1) is 0 Å². The van der Waals surface area contributed by atoms with E-state index in [-0.39, 0.29) is 0 Å². The second kappa shape index (κ2) is 7.54. The third-order valence-electron chi connectivity index (χ3n) is 5.75. The molecule has 8 heteroatoms. The Morgan fingerprint density at radius 1 is 1.10 bits per heavy atom. The molecule has 6 nitrogen and oxygen atoms in total. The van der Waals surface area contributed by atoms with Crippen LogP contribution in [-0.2, 0) is 24.3 Å². The molecule has 1 unspecified atom stereocenters. The third kappa shape index (κ3) is 3.57. The molecule has 0 bridgehead atoms. The van der Waals surface area contributed by atoms with Gasteiger partial charge in [-0.25, -0.2) is 9.97 Å². The van der Waals surface area contributed by atoms with Crippen LogP contribution in [0.2, 0.25) is 5.02 Å². The van der Waals surface area contributed by atoms with Crippen molar-refractivity contribution in [3.05, 3.63) is 52.8 Å². The van der Waals surface area contributed by atoms with E-state index in [2.05, 4.69) is 22.1 Å². The summed E-state index contributed by atoms with van der Waals surface area (Å²) in [5.41, 5.74) is 3.74. The second-order valence-corrected chi connectivity index (χ2v) is 9.58. The van der Waals surface area contributed by atoms with Crippen LogP contribution >= 0.6 is 11.6 Å². The van der Waals surface area contributed by atoms with Gasteiger partial charge in [0.1, 0.15) is 11.4 Å². The lowest BCUT2D eigenvalue weighted by atomic mass is 9.89. The highest BCUT2D eigenvalue weighted by Gasteiger charge is 2.30. The first-order chi connectivity index (χ1) is 14.1. The van der Waals surface area contributed by atoms with E-state index in [1.165, 1.54) is 5.56 Å². The predicted octanol–water partition coefficient (Wildman–Crippen LogP) is 3.58. The van der Waals surface area contributed by atoms with Crippen molar-refractivity contribution in [2.24, 2.45) is 7.05 Å². The summed E-state index contributed by atoms with van der Waals surface area (Å²) in [6.07, 6.45) is 4.72. The molecule has 4 heterocycles. The summed E-state index contributed by atoms with van der Waals surface area (Å²) in [4.78, 5) is 12.7. The minimum absolute atomic E-state index is 0.528. The summed E-state index contributed by atoms with van der Waals surface area (Å²) >= 11 is 6.02. The number of piperidine rings is 1. The van der Waals surface area contributed by atoms with Gasteiger partial charge in [-0.1, -0.05) is 23.7 Å². The lowest BCUT2D eigenvalue weighted by Gasteiger charge is -2.32. The smallest absolute Gasteiger partial charge is 0.226 e. The molecule has 3 aromatic rings. The summed E-state index contributed by atoms with van der Waals surface area (Å²) in [6.45, 7) is 1.80. The fourth-order valence-corrected chi connectivity index (χ4v) is 5.67. The molecule has 1 fully saturated rings. The number of anilines is 1. The molecular weight excluding hydrogens is 406 g/mol. The number of benzene rings is 1. The average molecular weight is 428 g/mol. The highest BCUT2D eigenvalue weighted by atomic mass is 35.5. The Hall–Kier alpha value is -2.25. The van der Waals surface area contributed by atoms with Crippen LogP contribution in [0.4, 0.5) is 5.95 Å². The zero-order valence-corrected chi connectivity index (χ0v) is 17.8.